The SMILES string of the molecule is CC1(C)CN(c2ccncc2Cl)CCN1. The Labute approximate surface area is 95.4 Å². The zero-order chi connectivity index (χ0) is 10.9. The van der Waals surface area contributed by atoms with Crippen LogP contribution in [0.15, 0.2) is 18.5 Å². The topological polar surface area (TPSA) is 28.2 Å². The number of rotatable bonds is 1. The molecule has 0 radical (unpaired) electrons. The predicted molar refractivity (Wildman–Crippen MR) is 63.5 cm³/mol. The molecule has 1 saturated heterocycles. The van der Waals surface area contributed by atoms with Crippen molar-refractivity contribution in [3.63, 3.8) is 0 Å². The fraction of sp³-hybridized carbons (Fsp3) is 0.545. The second kappa shape index (κ2) is 3.99. The van der Waals surface area contributed by atoms with E-state index >= 15 is 0 Å². The maximum absolute atomic E-state index is 6.13. The third kappa shape index (κ3) is 2.41. The molecule has 2 rings (SSSR count). The second-order valence-corrected chi connectivity index (χ2v) is 4.97. The monoisotopic (exact) mass is 225 g/mol. The molecule has 0 aliphatic carbocycles. The zero-order valence-electron chi connectivity index (χ0n) is 9.13. The van der Waals surface area contributed by atoms with Crippen LogP contribution in [0.3, 0.4) is 0 Å². The molecule has 0 saturated carbocycles. The van der Waals surface area contributed by atoms with Gasteiger partial charge in [0, 0.05) is 37.6 Å². The van der Waals surface area contributed by atoms with Gasteiger partial charge in [-0.15, -0.1) is 0 Å². The van der Waals surface area contributed by atoms with Crippen molar-refractivity contribution >= 4 is 17.3 Å². The molecule has 1 fully saturated rings. The highest BCUT2D eigenvalue weighted by Crippen LogP contribution is 2.26. The highest BCUT2D eigenvalue weighted by Gasteiger charge is 2.26. The summed E-state index contributed by atoms with van der Waals surface area (Å²) in [6, 6.07) is 1.98. The molecule has 0 atom stereocenters. The van der Waals surface area contributed by atoms with Crippen molar-refractivity contribution in [2.24, 2.45) is 0 Å². The Morgan fingerprint density at radius 2 is 2.33 bits per heavy atom. The van der Waals surface area contributed by atoms with Gasteiger partial charge in [0.1, 0.15) is 0 Å². The summed E-state index contributed by atoms with van der Waals surface area (Å²) in [4.78, 5) is 6.31. The molecule has 1 aromatic heterocycles. The molecule has 0 aromatic carbocycles. The molecule has 15 heavy (non-hydrogen) atoms. The average Bonchev–Trinajstić information content (AvgIpc) is 2.17. The first kappa shape index (κ1) is 10.7. The van der Waals surface area contributed by atoms with E-state index < -0.39 is 0 Å². The lowest BCUT2D eigenvalue weighted by molar-refractivity contribution is 0.353. The maximum atomic E-state index is 6.13. The number of piperazine rings is 1. The van der Waals surface area contributed by atoms with E-state index in [4.69, 9.17) is 11.6 Å². The van der Waals surface area contributed by atoms with Crippen LogP contribution in [-0.2, 0) is 0 Å². The number of halogens is 1. The normalized spacial score (nSPS) is 20.3. The minimum Gasteiger partial charge on any atom is -0.367 e. The molecule has 1 N–H and O–H groups in total. The van der Waals surface area contributed by atoms with Crippen LogP contribution in [0.25, 0.3) is 0 Å². The van der Waals surface area contributed by atoms with Crippen molar-refractivity contribution in [3.05, 3.63) is 23.5 Å². The first-order valence-corrected chi connectivity index (χ1v) is 5.56. The summed E-state index contributed by atoms with van der Waals surface area (Å²) in [5, 5.41) is 4.21. The Morgan fingerprint density at radius 1 is 1.53 bits per heavy atom. The van der Waals surface area contributed by atoms with E-state index in [9.17, 15) is 0 Å². The lowest BCUT2D eigenvalue weighted by atomic mass is 10.0. The van der Waals surface area contributed by atoms with Gasteiger partial charge in [-0.25, -0.2) is 0 Å². The van der Waals surface area contributed by atoms with Crippen LogP contribution in [0.5, 0.6) is 0 Å². The van der Waals surface area contributed by atoms with Crippen LogP contribution in [0.1, 0.15) is 13.8 Å². The molecule has 2 heterocycles. The number of aromatic nitrogens is 1. The quantitative estimate of drug-likeness (QED) is 0.792. The minimum atomic E-state index is 0.144. The Kier molecular flexibility index (Phi) is 2.85. The molecule has 0 unspecified atom stereocenters. The predicted octanol–water partition coefficient (Wildman–Crippen LogP) is 1.92. The van der Waals surface area contributed by atoms with Gasteiger partial charge in [-0.1, -0.05) is 11.6 Å². The summed E-state index contributed by atoms with van der Waals surface area (Å²) in [7, 11) is 0. The van der Waals surface area contributed by atoms with Gasteiger partial charge >= 0.3 is 0 Å². The molecule has 1 aliphatic heterocycles. The van der Waals surface area contributed by atoms with Crippen molar-refractivity contribution in [3.8, 4) is 0 Å². The van der Waals surface area contributed by atoms with Gasteiger partial charge in [0.2, 0.25) is 0 Å². The van der Waals surface area contributed by atoms with E-state index in [1.165, 1.54) is 0 Å². The molecule has 4 heteroatoms. The molecular formula is C11H16ClN3. The van der Waals surface area contributed by atoms with E-state index in [-0.39, 0.29) is 5.54 Å². The van der Waals surface area contributed by atoms with Crippen molar-refractivity contribution < 1.29 is 0 Å². The second-order valence-electron chi connectivity index (χ2n) is 4.56. The largest absolute Gasteiger partial charge is 0.367 e. The highest BCUT2D eigenvalue weighted by atomic mass is 35.5. The van der Waals surface area contributed by atoms with Gasteiger partial charge in [-0.2, -0.15) is 0 Å². The number of pyridine rings is 1. The lowest BCUT2D eigenvalue weighted by Gasteiger charge is -2.40. The van der Waals surface area contributed by atoms with E-state index in [1.54, 1.807) is 12.4 Å². The number of nitrogens with zero attached hydrogens (tertiary/aromatic N) is 2. The average molecular weight is 226 g/mol. The molecule has 3 nitrogen and oxygen atoms in total. The number of hydrogen-bond acceptors (Lipinski definition) is 3. The summed E-state index contributed by atoms with van der Waals surface area (Å²) in [5.41, 5.74) is 1.23. The summed E-state index contributed by atoms with van der Waals surface area (Å²) in [6.07, 6.45) is 3.49. The lowest BCUT2D eigenvalue weighted by Crippen LogP contribution is -2.57. The van der Waals surface area contributed by atoms with Gasteiger partial charge in [-0.05, 0) is 19.9 Å². The standard InChI is InChI=1S/C11H16ClN3/c1-11(2)8-15(6-5-14-11)10-3-4-13-7-9(10)12/h3-4,7,14H,5-6,8H2,1-2H3. The number of anilines is 1. The third-order valence-electron chi connectivity index (χ3n) is 2.66. The van der Waals surface area contributed by atoms with Gasteiger partial charge in [0.15, 0.2) is 0 Å². The van der Waals surface area contributed by atoms with Crippen LogP contribution in [0.4, 0.5) is 5.69 Å². The summed E-state index contributed by atoms with van der Waals surface area (Å²) in [5.74, 6) is 0. The van der Waals surface area contributed by atoms with Crippen LogP contribution in [0.2, 0.25) is 5.02 Å². The first-order valence-electron chi connectivity index (χ1n) is 5.18. The van der Waals surface area contributed by atoms with Crippen molar-refractivity contribution in [1.82, 2.24) is 10.3 Å². The highest BCUT2D eigenvalue weighted by molar-refractivity contribution is 6.33. The van der Waals surface area contributed by atoms with E-state index in [2.05, 4.69) is 29.0 Å². The van der Waals surface area contributed by atoms with Gasteiger partial charge < -0.3 is 10.2 Å². The van der Waals surface area contributed by atoms with E-state index in [0.717, 1.165) is 30.3 Å². The van der Waals surface area contributed by atoms with Crippen LogP contribution < -0.4 is 10.2 Å². The van der Waals surface area contributed by atoms with E-state index in [0.29, 0.717) is 0 Å². The Balaban J connectivity index is 2.21. The summed E-state index contributed by atoms with van der Waals surface area (Å²) >= 11 is 6.13. The molecule has 0 spiro atoms. The first-order chi connectivity index (χ1) is 7.08. The third-order valence-corrected chi connectivity index (χ3v) is 2.95. The van der Waals surface area contributed by atoms with Crippen LogP contribution in [0, 0.1) is 0 Å². The number of hydrogen-bond donors (Lipinski definition) is 1. The molecule has 0 amide bonds. The molecule has 1 aromatic rings. The van der Waals surface area contributed by atoms with Gasteiger partial charge in [-0.3, -0.25) is 4.98 Å². The van der Waals surface area contributed by atoms with Gasteiger partial charge in [0.05, 0.1) is 10.7 Å². The summed E-state index contributed by atoms with van der Waals surface area (Å²) < 4.78 is 0. The molecule has 82 valence electrons. The van der Waals surface area contributed by atoms with E-state index in [1.807, 2.05) is 6.07 Å². The van der Waals surface area contributed by atoms with Crippen molar-refractivity contribution in [2.75, 3.05) is 24.5 Å². The Morgan fingerprint density at radius 3 is 3.00 bits per heavy atom. The molecular weight excluding hydrogens is 210 g/mol. The van der Waals surface area contributed by atoms with Crippen LogP contribution in [-0.4, -0.2) is 30.2 Å². The summed E-state index contributed by atoms with van der Waals surface area (Å²) in [6.45, 7) is 7.36. The molecule has 0 bridgehead atoms. The fourth-order valence-electron chi connectivity index (χ4n) is 1.97. The smallest absolute Gasteiger partial charge is 0.0822 e. The van der Waals surface area contributed by atoms with Crippen LogP contribution >= 0.6 is 11.6 Å². The van der Waals surface area contributed by atoms with Crippen molar-refractivity contribution in [1.29, 1.82) is 0 Å². The Bertz CT molecular complexity index is 351. The maximum Gasteiger partial charge on any atom is 0.0822 e. The molecule has 1 aliphatic rings. The van der Waals surface area contributed by atoms with Crippen molar-refractivity contribution in [2.45, 2.75) is 19.4 Å². The zero-order valence-corrected chi connectivity index (χ0v) is 9.88. The Hall–Kier alpha value is -0.800. The fourth-order valence-corrected chi connectivity index (χ4v) is 2.21. The minimum absolute atomic E-state index is 0.144. The van der Waals surface area contributed by atoms with Gasteiger partial charge in [0.25, 0.3) is 0 Å². The number of nitrogens with one attached hydrogen (secondary N) is 1.